The lowest BCUT2D eigenvalue weighted by atomic mass is 9.94. The van der Waals surface area contributed by atoms with Gasteiger partial charge in [0.05, 0.1) is 18.2 Å². The van der Waals surface area contributed by atoms with Crippen molar-refractivity contribution in [2.45, 2.75) is 32.7 Å². The molecule has 0 aromatic heterocycles. The van der Waals surface area contributed by atoms with Gasteiger partial charge in [0.25, 0.3) is 5.91 Å². The molecule has 0 bridgehead atoms. The lowest BCUT2D eigenvalue weighted by molar-refractivity contribution is -0.113. The molecule has 3 N–H and O–H groups in total. The zero-order valence-electron chi connectivity index (χ0n) is 16.4. The van der Waals surface area contributed by atoms with E-state index < -0.39 is 6.04 Å². The van der Waals surface area contributed by atoms with E-state index in [1.807, 2.05) is 48.5 Å². The van der Waals surface area contributed by atoms with E-state index in [9.17, 15) is 9.59 Å². The van der Waals surface area contributed by atoms with Gasteiger partial charge in [-0.25, -0.2) is 4.79 Å². The Morgan fingerprint density at radius 2 is 1.83 bits per heavy atom. The van der Waals surface area contributed by atoms with Crippen molar-refractivity contribution in [1.82, 2.24) is 10.6 Å². The molecular weight excluding hydrogens is 434 g/mol. The molecule has 2 aromatic carbocycles. The van der Waals surface area contributed by atoms with Crippen molar-refractivity contribution in [2.75, 3.05) is 11.9 Å². The van der Waals surface area contributed by atoms with Gasteiger partial charge < -0.3 is 20.7 Å². The Bertz CT molecular complexity index is 908. The monoisotopic (exact) mass is 457 g/mol. The third-order valence-electron chi connectivity index (χ3n) is 4.60. The summed E-state index contributed by atoms with van der Waals surface area (Å²) in [6.45, 7) is 4.51. The number of unbranched alkanes of at least 4 members (excludes halogenated alkanes) is 1. The molecule has 0 saturated heterocycles. The van der Waals surface area contributed by atoms with Gasteiger partial charge in [-0.3, -0.25) is 4.79 Å². The molecule has 1 heterocycles. The first-order valence-corrected chi connectivity index (χ1v) is 10.3. The van der Waals surface area contributed by atoms with E-state index in [0.29, 0.717) is 23.6 Å². The predicted octanol–water partition coefficient (Wildman–Crippen LogP) is 4.89. The van der Waals surface area contributed by atoms with Gasteiger partial charge >= 0.3 is 6.03 Å². The number of amides is 3. The zero-order chi connectivity index (χ0) is 20.8. The fraction of sp³-hybridized carbons (Fsp3) is 0.273. The second-order valence-electron chi connectivity index (χ2n) is 6.80. The first-order chi connectivity index (χ1) is 14.0. The minimum Gasteiger partial charge on any atom is -0.494 e. The summed E-state index contributed by atoms with van der Waals surface area (Å²) in [4.78, 5) is 25.0. The molecule has 6 nitrogen and oxygen atoms in total. The first kappa shape index (κ1) is 20.9. The van der Waals surface area contributed by atoms with E-state index in [1.54, 1.807) is 6.92 Å². The van der Waals surface area contributed by atoms with Crippen molar-refractivity contribution >= 4 is 33.6 Å². The molecule has 0 aliphatic carbocycles. The molecule has 0 radical (unpaired) electrons. The third kappa shape index (κ3) is 5.38. The van der Waals surface area contributed by atoms with Crippen molar-refractivity contribution in [1.29, 1.82) is 0 Å². The van der Waals surface area contributed by atoms with Crippen LogP contribution in [0.3, 0.4) is 0 Å². The maximum atomic E-state index is 13.0. The summed E-state index contributed by atoms with van der Waals surface area (Å²) in [6.07, 6.45) is 2.06. The molecule has 152 valence electrons. The Hall–Kier alpha value is -2.80. The number of carbonyl (C=O) groups excluding carboxylic acids is 2. The van der Waals surface area contributed by atoms with Gasteiger partial charge in [0.15, 0.2) is 0 Å². The number of anilines is 1. The second-order valence-corrected chi connectivity index (χ2v) is 7.72. The summed E-state index contributed by atoms with van der Waals surface area (Å²) in [5.41, 5.74) is 2.47. The number of carbonyl (C=O) groups is 2. The van der Waals surface area contributed by atoms with Gasteiger partial charge in [-0.1, -0.05) is 41.4 Å². The van der Waals surface area contributed by atoms with Crippen LogP contribution in [0.25, 0.3) is 0 Å². The molecule has 3 rings (SSSR count). The zero-order valence-corrected chi connectivity index (χ0v) is 18.0. The van der Waals surface area contributed by atoms with Crippen molar-refractivity contribution < 1.29 is 14.3 Å². The Morgan fingerprint density at radius 1 is 1.14 bits per heavy atom. The molecule has 1 atom stereocenters. The average molecular weight is 458 g/mol. The fourth-order valence-electron chi connectivity index (χ4n) is 3.07. The quantitative estimate of drug-likeness (QED) is 0.517. The summed E-state index contributed by atoms with van der Waals surface area (Å²) in [7, 11) is 0. The highest BCUT2D eigenvalue weighted by atomic mass is 79.9. The number of allylic oxidation sites excluding steroid dienone is 1. The molecule has 1 aliphatic heterocycles. The van der Waals surface area contributed by atoms with Crippen LogP contribution in [0.4, 0.5) is 10.5 Å². The number of nitrogens with one attached hydrogen (secondary N) is 3. The largest absolute Gasteiger partial charge is 0.494 e. The summed E-state index contributed by atoms with van der Waals surface area (Å²) < 4.78 is 6.63. The summed E-state index contributed by atoms with van der Waals surface area (Å²) in [5, 5.41) is 8.43. The summed E-state index contributed by atoms with van der Waals surface area (Å²) in [6, 6.07) is 13.9. The SMILES string of the molecule is CCCCOc1ccc(C2NC(=O)NC(C)=C2C(=O)Nc2ccc(Br)cc2)cc1. The maximum absolute atomic E-state index is 13.0. The lowest BCUT2D eigenvalue weighted by Gasteiger charge is -2.28. The van der Waals surface area contributed by atoms with Crippen LogP contribution >= 0.6 is 15.9 Å². The highest BCUT2D eigenvalue weighted by Crippen LogP contribution is 2.29. The van der Waals surface area contributed by atoms with Crippen LogP contribution in [-0.2, 0) is 4.79 Å². The third-order valence-corrected chi connectivity index (χ3v) is 5.12. The van der Waals surface area contributed by atoms with E-state index >= 15 is 0 Å². The predicted molar refractivity (Wildman–Crippen MR) is 117 cm³/mol. The Labute approximate surface area is 178 Å². The molecule has 0 saturated carbocycles. The van der Waals surface area contributed by atoms with Crippen LogP contribution in [0.2, 0.25) is 0 Å². The molecule has 1 unspecified atom stereocenters. The van der Waals surface area contributed by atoms with E-state index in [2.05, 4.69) is 38.8 Å². The van der Waals surface area contributed by atoms with Crippen molar-refractivity contribution in [3.05, 3.63) is 69.8 Å². The smallest absolute Gasteiger partial charge is 0.319 e. The van der Waals surface area contributed by atoms with Crippen molar-refractivity contribution in [3.8, 4) is 5.75 Å². The number of benzene rings is 2. The second kappa shape index (κ2) is 9.60. The molecule has 2 aromatic rings. The fourth-order valence-corrected chi connectivity index (χ4v) is 3.33. The minimum absolute atomic E-state index is 0.273. The van der Waals surface area contributed by atoms with Crippen LogP contribution < -0.4 is 20.7 Å². The van der Waals surface area contributed by atoms with Gasteiger partial charge in [0, 0.05) is 15.9 Å². The van der Waals surface area contributed by atoms with Gasteiger partial charge in [-0.05, 0) is 55.3 Å². The topological polar surface area (TPSA) is 79.5 Å². The van der Waals surface area contributed by atoms with Gasteiger partial charge in [-0.15, -0.1) is 0 Å². The van der Waals surface area contributed by atoms with E-state index in [4.69, 9.17) is 4.74 Å². The van der Waals surface area contributed by atoms with Crippen LogP contribution in [0, 0.1) is 0 Å². The van der Waals surface area contributed by atoms with Crippen LogP contribution in [-0.4, -0.2) is 18.5 Å². The number of hydrogen-bond donors (Lipinski definition) is 3. The molecule has 0 fully saturated rings. The molecule has 0 spiro atoms. The number of rotatable bonds is 7. The van der Waals surface area contributed by atoms with Gasteiger partial charge in [0.1, 0.15) is 5.75 Å². The normalized spacial score (nSPS) is 16.1. The Kier molecular flexibility index (Phi) is 6.93. The van der Waals surface area contributed by atoms with E-state index in [-0.39, 0.29) is 11.9 Å². The van der Waals surface area contributed by atoms with Crippen molar-refractivity contribution in [3.63, 3.8) is 0 Å². The standard InChI is InChI=1S/C22H24BrN3O3/c1-3-4-13-29-18-11-5-15(6-12-18)20-19(14(2)24-22(28)26-20)21(27)25-17-9-7-16(23)8-10-17/h5-12,20H,3-4,13H2,1-2H3,(H,25,27)(H2,24,26,28). The van der Waals surface area contributed by atoms with E-state index in [0.717, 1.165) is 28.6 Å². The Balaban J connectivity index is 1.81. The molecule has 1 aliphatic rings. The van der Waals surface area contributed by atoms with Crippen LogP contribution in [0.15, 0.2) is 64.3 Å². The summed E-state index contributed by atoms with van der Waals surface area (Å²) in [5.74, 6) is 0.495. The number of urea groups is 1. The Morgan fingerprint density at radius 3 is 2.48 bits per heavy atom. The van der Waals surface area contributed by atoms with Crippen LogP contribution in [0.1, 0.15) is 38.3 Å². The number of ether oxygens (including phenoxy) is 1. The summed E-state index contributed by atoms with van der Waals surface area (Å²) >= 11 is 3.38. The number of hydrogen-bond acceptors (Lipinski definition) is 3. The van der Waals surface area contributed by atoms with E-state index in [1.165, 1.54) is 0 Å². The van der Waals surface area contributed by atoms with Crippen LogP contribution in [0.5, 0.6) is 5.75 Å². The molecule has 29 heavy (non-hydrogen) atoms. The number of halogens is 1. The molecular formula is C22H24BrN3O3. The van der Waals surface area contributed by atoms with Gasteiger partial charge in [-0.2, -0.15) is 0 Å². The lowest BCUT2D eigenvalue weighted by Crippen LogP contribution is -2.45. The highest BCUT2D eigenvalue weighted by Gasteiger charge is 2.31. The average Bonchev–Trinajstić information content (AvgIpc) is 2.70. The molecule has 7 heteroatoms. The first-order valence-electron chi connectivity index (χ1n) is 9.56. The highest BCUT2D eigenvalue weighted by molar-refractivity contribution is 9.10. The van der Waals surface area contributed by atoms with Gasteiger partial charge in [0.2, 0.25) is 0 Å². The maximum Gasteiger partial charge on any atom is 0.319 e. The van der Waals surface area contributed by atoms with Crippen molar-refractivity contribution in [2.24, 2.45) is 0 Å². The minimum atomic E-state index is -0.552. The molecule has 3 amide bonds.